The van der Waals surface area contributed by atoms with E-state index < -0.39 is 0 Å². The fraction of sp³-hybridized carbons (Fsp3) is 0.286. The molecule has 2 heterocycles. The van der Waals surface area contributed by atoms with Crippen molar-refractivity contribution in [1.29, 1.82) is 0 Å². The maximum absolute atomic E-state index is 5.62. The summed E-state index contributed by atoms with van der Waals surface area (Å²) in [7, 11) is 0. The molecule has 2 rings (SSSR count). The lowest BCUT2D eigenvalue weighted by Gasteiger charge is -1.96. The van der Waals surface area contributed by atoms with Crippen molar-refractivity contribution in [3.8, 4) is 0 Å². The Labute approximate surface area is 74.2 Å². The fourth-order valence-electron chi connectivity index (χ4n) is 1.14. The average Bonchev–Trinajstić information content (AvgIpc) is 2.29. The molecule has 0 bridgehead atoms. The quantitative estimate of drug-likeness (QED) is 0.619. The molecule has 0 radical (unpaired) electrons. The van der Waals surface area contributed by atoms with Gasteiger partial charge in [0.05, 0.1) is 0 Å². The van der Waals surface area contributed by atoms with Gasteiger partial charge in [0.15, 0.2) is 0 Å². The molecular formula is C7H7ClN4. The van der Waals surface area contributed by atoms with Gasteiger partial charge >= 0.3 is 0 Å². The standard InChI is InChI=1S/C7H7ClN4/c1-4-3-5(2)12-7(9-4)10-6(8)11-12/h3H,1-2H3. The van der Waals surface area contributed by atoms with Gasteiger partial charge in [-0.1, -0.05) is 0 Å². The van der Waals surface area contributed by atoms with Crippen molar-refractivity contribution >= 4 is 17.4 Å². The minimum absolute atomic E-state index is 0.233. The van der Waals surface area contributed by atoms with Crippen LogP contribution in [0.1, 0.15) is 11.4 Å². The second kappa shape index (κ2) is 2.42. The van der Waals surface area contributed by atoms with E-state index in [0.29, 0.717) is 5.78 Å². The SMILES string of the molecule is Cc1cc(C)n2nc(Cl)nc2n1. The first-order chi connectivity index (χ1) is 5.66. The summed E-state index contributed by atoms with van der Waals surface area (Å²) in [6.45, 7) is 3.85. The van der Waals surface area contributed by atoms with Crippen LogP contribution in [-0.2, 0) is 0 Å². The Kier molecular flexibility index (Phi) is 1.51. The first kappa shape index (κ1) is 7.49. The summed E-state index contributed by atoms with van der Waals surface area (Å²) in [4.78, 5) is 8.10. The van der Waals surface area contributed by atoms with Gasteiger partial charge in [0.1, 0.15) is 0 Å². The Bertz CT molecular complexity index is 434. The molecule has 0 aromatic carbocycles. The summed E-state index contributed by atoms with van der Waals surface area (Å²) in [5, 5.41) is 4.19. The Morgan fingerprint density at radius 3 is 2.83 bits per heavy atom. The van der Waals surface area contributed by atoms with E-state index in [-0.39, 0.29) is 5.28 Å². The summed E-state index contributed by atoms with van der Waals surface area (Å²) >= 11 is 5.62. The molecule has 5 heteroatoms. The molecule has 0 saturated carbocycles. The van der Waals surface area contributed by atoms with Crippen LogP contribution in [0, 0.1) is 13.8 Å². The lowest BCUT2D eigenvalue weighted by Crippen LogP contribution is -1.97. The molecule has 2 aromatic heterocycles. The van der Waals surface area contributed by atoms with Crippen molar-refractivity contribution in [3.63, 3.8) is 0 Å². The Morgan fingerprint density at radius 2 is 2.08 bits per heavy atom. The minimum Gasteiger partial charge on any atom is -0.216 e. The molecule has 0 aliphatic carbocycles. The molecule has 0 amide bonds. The zero-order chi connectivity index (χ0) is 8.72. The molecule has 4 nitrogen and oxygen atoms in total. The molecule has 12 heavy (non-hydrogen) atoms. The van der Waals surface area contributed by atoms with Crippen LogP contribution in [0.4, 0.5) is 0 Å². The number of aromatic nitrogens is 4. The van der Waals surface area contributed by atoms with Crippen molar-refractivity contribution in [1.82, 2.24) is 19.6 Å². The number of nitrogens with zero attached hydrogens (tertiary/aromatic N) is 4. The molecule has 0 atom stereocenters. The Balaban J connectivity index is 2.88. The van der Waals surface area contributed by atoms with E-state index in [0.717, 1.165) is 11.4 Å². The highest BCUT2D eigenvalue weighted by atomic mass is 35.5. The third kappa shape index (κ3) is 1.04. The van der Waals surface area contributed by atoms with E-state index >= 15 is 0 Å². The topological polar surface area (TPSA) is 43.1 Å². The molecule has 0 spiro atoms. The average molecular weight is 183 g/mol. The van der Waals surface area contributed by atoms with Crippen LogP contribution in [-0.4, -0.2) is 19.6 Å². The van der Waals surface area contributed by atoms with Gasteiger partial charge < -0.3 is 0 Å². The summed E-state index contributed by atoms with van der Waals surface area (Å²) in [5.74, 6) is 0.553. The van der Waals surface area contributed by atoms with Crippen molar-refractivity contribution in [3.05, 3.63) is 22.7 Å². The van der Waals surface area contributed by atoms with Crippen molar-refractivity contribution < 1.29 is 0 Å². The van der Waals surface area contributed by atoms with E-state index in [1.54, 1.807) is 4.52 Å². The number of rotatable bonds is 0. The second-order valence-electron chi connectivity index (χ2n) is 2.63. The molecule has 2 aromatic rings. The highest BCUT2D eigenvalue weighted by Crippen LogP contribution is 2.07. The zero-order valence-electron chi connectivity index (χ0n) is 6.74. The van der Waals surface area contributed by atoms with Crippen LogP contribution < -0.4 is 0 Å². The highest BCUT2D eigenvalue weighted by Gasteiger charge is 2.04. The van der Waals surface area contributed by atoms with Crippen LogP contribution in [0.2, 0.25) is 5.28 Å². The van der Waals surface area contributed by atoms with E-state index in [1.165, 1.54) is 0 Å². The second-order valence-corrected chi connectivity index (χ2v) is 2.97. The van der Waals surface area contributed by atoms with Gasteiger partial charge in [0.25, 0.3) is 5.78 Å². The smallest absolute Gasteiger partial charge is 0.216 e. The molecule has 62 valence electrons. The number of hydrogen-bond donors (Lipinski definition) is 0. The molecule has 0 fully saturated rings. The summed E-state index contributed by atoms with van der Waals surface area (Å²) in [6, 6.07) is 1.93. The molecule has 0 unspecified atom stereocenters. The van der Waals surface area contributed by atoms with Crippen LogP contribution in [0.25, 0.3) is 5.78 Å². The first-order valence-electron chi connectivity index (χ1n) is 3.53. The van der Waals surface area contributed by atoms with Gasteiger partial charge in [0, 0.05) is 11.4 Å². The zero-order valence-corrected chi connectivity index (χ0v) is 7.50. The van der Waals surface area contributed by atoms with Gasteiger partial charge in [0.2, 0.25) is 5.28 Å². The summed E-state index contributed by atoms with van der Waals surface area (Å²) < 4.78 is 1.62. The summed E-state index contributed by atoms with van der Waals surface area (Å²) in [5.41, 5.74) is 1.90. The van der Waals surface area contributed by atoms with Gasteiger partial charge in [-0.25, -0.2) is 9.50 Å². The van der Waals surface area contributed by atoms with Crippen LogP contribution in [0.3, 0.4) is 0 Å². The highest BCUT2D eigenvalue weighted by molar-refractivity contribution is 6.28. The third-order valence-electron chi connectivity index (χ3n) is 1.59. The molecule has 0 aliphatic heterocycles. The molecule has 0 saturated heterocycles. The number of aryl methyl sites for hydroxylation is 2. The monoisotopic (exact) mass is 182 g/mol. The van der Waals surface area contributed by atoms with Gasteiger partial charge in [-0.2, -0.15) is 4.98 Å². The molecular weight excluding hydrogens is 176 g/mol. The lowest BCUT2D eigenvalue weighted by atomic mass is 10.4. The van der Waals surface area contributed by atoms with Crippen LogP contribution in [0.5, 0.6) is 0 Å². The number of fused-ring (bicyclic) bond motifs is 1. The Morgan fingerprint density at radius 1 is 1.33 bits per heavy atom. The van der Waals surface area contributed by atoms with E-state index in [2.05, 4.69) is 15.1 Å². The van der Waals surface area contributed by atoms with Gasteiger partial charge in [-0.3, -0.25) is 0 Å². The summed E-state index contributed by atoms with van der Waals surface area (Å²) in [6.07, 6.45) is 0. The number of hydrogen-bond acceptors (Lipinski definition) is 3. The largest absolute Gasteiger partial charge is 0.253 e. The van der Waals surface area contributed by atoms with Crippen molar-refractivity contribution in [2.45, 2.75) is 13.8 Å². The minimum atomic E-state index is 0.233. The molecule has 0 aliphatic rings. The molecule has 0 N–H and O–H groups in total. The van der Waals surface area contributed by atoms with Gasteiger partial charge in [-0.15, -0.1) is 5.10 Å². The van der Waals surface area contributed by atoms with E-state index in [9.17, 15) is 0 Å². The number of halogens is 1. The normalized spacial score (nSPS) is 10.9. The Hall–Kier alpha value is -1.16. The van der Waals surface area contributed by atoms with Crippen LogP contribution in [0.15, 0.2) is 6.07 Å². The van der Waals surface area contributed by atoms with E-state index in [1.807, 2.05) is 19.9 Å². The third-order valence-corrected chi connectivity index (χ3v) is 1.75. The van der Waals surface area contributed by atoms with Crippen molar-refractivity contribution in [2.24, 2.45) is 0 Å². The van der Waals surface area contributed by atoms with Crippen molar-refractivity contribution in [2.75, 3.05) is 0 Å². The lowest BCUT2D eigenvalue weighted by molar-refractivity contribution is 0.885. The fourth-order valence-corrected chi connectivity index (χ4v) is 1.29. The van der Waals surface area contributed by atoms with Crippen LogP contribution >= 0.6 is 11.6 Å². The predicted octanol–water partition coefficient (Wildman–Crippen LogP) is 1.39. The van der Waals surface area contributed by atoms with Gasteiger partial charge in [-0.05, 0) is 31.5 Å². The maximum atomic E-state index is 5.62. The predicted molar refractivity (Wildman–Crippen MR) is 45.3 cm³/mol. The first-order valence-corrected chi connectivity index (χ1v) is 3.91. The maximum Gasteiger partial charge on any atom is 0.253 e. The van der Waals surface area contributed by atoms with E-state index in [4.69, 9.17) is 11.6 Å².